The molecule has 1 aromatic carbocycles. The van der Waals surface area contributed by atoms with Crippen molar-refractivity contribution in [1.82, 2.24) is 0 Å². The van der Waals surface area contributed by atoms with Crippen LogP contribution in [-0.4, -0.2) is 5.38 Å². The second-order valence-electron chi connectivity index (χ2n) is 5.55. The van der Waals surface area contributed by atoms with Gasteiger partial charge in [-0.3, -0.25) is 0 Å². The fourth-order valence-electron chi connectivity index (χ4n) is 2.57. The molecule has 0 radical (unpaired) electrons. The van der Waals surface area contributed by atoms with Crippen molar-refractivity contribution in [2.75, 3.05) is 0 Å². The van der Waals surface area contributed by atoms with E-state index in [-0.39, 0.29) is 5.38 Å². The van der Waals surface area contributed by atoms with Crippen LogP contribution >= 0.6 is 11.6 Å². The quantitative estimate of drug-likeness (QED) is 0.519. The molecule has 86 valence electrons. The van der Waals surface area contributed by atoms with Gasteiger partial charge in [0, 0.05) is 0 Å². The highest BCUT2D eigenvalue weighted by molar-refractivity contribution is 6.21. The van der Waals surface area contributed by atoms with Gasteiger partial charge in [0.2, 0.25) is 0 Å². The molecule has 1 aliphatic carbocycles. The van der Waals surface area contributed by atoms with Crippen LogP contribution in [0.3, 0.4) is 0 Å². The van der Waals surface area contributed by atoms with E-state index in [0.717, 1.165) is 12.8 Å². The summed E-state index contributed by atoms with van der Waals surface area (Å²) < 4.78 is 0. The summed E-state index contributed by atoms with van der Waals surface area (Å²) in [5.41, 5.74) is 3.23. The Balaban J connectivity index is 2.11. The highest BCUT2D eigenvalue weighted by atomic mass is 35.5. The van der Waals surface area contributed by atoms with E-state index >= 15 is 0 Å². The molecule has 0 amide bonds. The SMILES string of the molecule is CC1(C)CC(Cc2ccccc2)=CC(Cl)C1. The normalized spacial score (nSPS) is 23.9. The molecule has 1 unspecified atom stereocenters. The third-order valence-corrected chi connectivity index (χ3v) is 3.42. The third kappa shape index (κ3) is 3.12. The van der Waals surface area contributed by atoms with Crippen LogP contribution in [0.2, 0.25) is 0 Å². The average Bonchev–Trinajstić information content (AvgIpc) is 2.15. The zero-order chi connectivity index (χ0) is 11.6. The summed E-state index contributed by atoms with van der Waals surface area (Å²) in [6.45, 7) is 4.61. The van der Waals surface area contributed by atoms with Gasteiger partial charge >= 0.3 is 0 Å². The van der Waals surface area contributed by atoms with Gasteiger partial charge in [-0.2, -0.15) is 0 Å². The second kappa shape index (κ2) is 4.63. The predicted molar refractivity (Wildman–Crippen MR) is 70.9 cm³/mol. The zero-order valence-electron chi connectivity index (χ0n) is 10.0. The van der Waals surface area contributed by atoms with Gasteiger partial charge in [-0.05, 0) is 30.2 Å². The van der Waals surface area contributed by atoms with Gasteiger partial charge < -0.3 is 0 Å². The summed E-state index contributed by atoms with van der Waals surface area (Å²) in [4.78, 5) is 0. The van der Waals surface area contributed by atoms with Crippen molar-refractivity contribution < 1.29 is 0 Å². The lowest BCUT2D eigenvalue weighted by Gasteiger charge is -2.32. The average molecular weight is 235 g/mol. The first-order valence-electron chi connectivity index (χ1n) is 5.93. The third-order valence-electron chi connectivity index (χ3n) is 3.14. The number of alkyl halides is 1. The van der Waals surface area contributed by atoms with Crippen LogP contribution in [0.4, 0.5) is 0 Å². The summed E-state index contributed by atoms with van der Waals surface area (Å²) in [6.07, 6.45) is 5.56. The lowest BCUT2D eigenvalue weighted by molar-refractivity contribution is 0.320. The Labute approximate surface area is 103 Å². The van der Waals surface area contributed by atoms with Gasteiger partial charge in [0.05, 0.1) is 5.38 Å². The molecule has 0 saturated carbocycles. The van der Waals surface area contributed by atoms with Gasteiger partial charge in [-0.25, -0.2) is 0 Å². The fourth-order valence-corrected chi connectivity index (χ4v) is 3.16. The largest absolute Gasteiger partial charge is 0.118 e. The molecular formula is C15H19Cl. The lowest BCUT2D eigenvalue weighted by Crippen LogP contribution is -2.22. The number of halogens is 1. The maximum absolute atomic E-state index is 6.29. The Morgan fingerprint density at radius 1 is 1.25 bits per heavy atom. The van der Waals surface area contributed by atoms with Gasteiger partial charge in [0.1, 0.15) is 0 Å². The highest BCUT2D eigenvalue weighted by Gasteiger charge is 2.27. The van der Waals surface area contributed by atoms with E-state index in [1.54, 1.807) is 0 Å². The molecular weight excluding hydrogens is 216 g/mol. The number of hydrogen-bond acceptors (Lipinski definition) is 0. The van der Waals surface area contributed by atoms with E-state index in [0.29, 0.717) is 5.41 Å². The van der Waals surface area contributed by atoms with Crippen molar-refractivity contribution in [3.8, 4) is 0 Å². The summed E-state index contributed by atoms with van der Waals surface area (Å²) in [6, 6.07) is 10.6. The smallest absolute Gasteiger partial charge is 0.0523 e. The second-order valence-corrected chi connectivity index (χ2v) is 6.11. The van der Waals surface area contributed by atoms with E-state index in [2.05, 4.69) is 50.3 Å². The molecule has 1 aromatic rings. The maximum atomic E-state index is 6.29. The number of allylic oxidation sites excluding steroid dienone is 2. The predicted octanol–water partition coefficient (Wildman–Crippen LogP) is 4.58. The molecule has 0 spiro atoms. The van der Waals surface area contributed by atoms with E-state index in [4.69, 9.17) is 11.6 Å². The molecule has 0 nitrogen and oxygen atoms in total. The lowest BCUT2D eigenvalue weighted by atomic mass is 9.76. The van der Waals surface area contributed by atoms with Crippen LogP contribution in [0.25, 0.3) is 0 Å². The van der Waals surface area contributed by atoms with Crippen molar-refractivity contribution in [3.63, 3.8) is 0 Å². The molecule has 1 atom stereocenters. The number of rotatable bonds is 2. The molecule has 16 heavy (non-hydrogen) atoms. The topological polar surface area (TPSA) is 0 Å². The van der Waals surface area contributed by atoms with Crippen LogP contribution in [0.15, 0.2) is 42.0 Å². The first-order chi connectivity index (χ1) is 7.55. The molecule has 0 heterocycles. The minimum atomic E-state index is 0.211. The molecule has 0 N–H and O–H groups in total. The molecule has 0 fully saturated rings. The minimum absolute atomic E-state index is 0.211. The zero-order valence-corrected chi connectivity index (χ0v) is 10.8. The number of benzene rings is 1. The fraction of sp³-hybridized carbons (Fsp3) is 0.467. The molecule has 0 aliphatic heterocycles. The summed E-state index contributed by atoms with van der Waals surface area (Å²) in [7, 11) is 0. The van der Waals surface area contributed by atoms with Crippen LogP contribution in [0.5, 0.6) is 0 Å². The minimum Gasteiger partial charge on any atom is -0.118 e. The first-order valence-corrected chi connectivity index (χ1v) is 6.36. The molecule has 0 aromatic heterocycles. The van der Waals surface area contributed by atoms with Crippen molar-refractivity contribution in [3.05, 3.63) is 47.5 Å². The number of hydrogen-bond donors (Lipinski definition) is 0. The Morgan fingerprint density at radius 3 is 2.56 bits per heavy atom. The van der Waals surface area contributed by atoms with E-state index < -0.39 is 0 Å². The van der Waals surface area contributed by atoms with Gasteiger partial charge in [0.25, 0.3) is 0 Å². The molecule has 1 aliphatic rings. The van der Waals surface area contributed by atoms with Crippen LogP contribution < -0.4 is 0 Å². The Bertz CT molecular complexity index is 376. The molecule has 1 heteroatoms. The van der Waals surface area contributed by atoms with Crippen LogP contribution in [-0.2, 0) is 6.42 Å². The van der Waals surface area contributed by atoms with E-state index in [1.165, 1.54) is 17.6 Å². The Morgan fingerprint density at radius 2 is 1.94 bits per heavy atom. The monoisotopic (exact) mass is 234 g/mol. The molecule has 2 rings (SSSR count). The first kappa shape index (κ1) is 11.7. The van der Waals surface area contributed by atoms with Crippen molar-refractivity contribution in [1.29, 1.82) is 0 Å². The van der Waals surface area contributed by atoms with Crippen molar-refractivity contribution in [2.45, 2.75) is 38.5 Å². The van der Waals surface area contributed by atoms with E-state index in [9.17, 15) is 0 Å². The van der Waals surface area contributed by atoms with Gasteiger partial charge in [-0.1, -0.05) is 55.8 Å². The Kier molecular flexibility index (Phi) is 3.39. The van der Waals surface area contributed by atoms with Crippen molar-refractivity contribution >= 4 is 11.6 Å². The highest BCUT2D eigenvalue weighted by Crippen LogP contribution is 2.38. The molecule has 0 saturated heterocycles. The standard InChI is InChI=1S/C15H19Cl/c1-15(2)10-13(9-14(16)11-15)8-12-6-4-3-5-7-12/h3-7,9,14H,8,10-11H2,1-2H3. The van der Waals surface area contributed by atoms with Gasteiger partial charge in [0.15, 0.2) is 0 Å². The maximum Gasteiger partial charge on any atom is 0.0523 e. The van der Waals surface area contributed by atoms with Crippen LogP contribution in [0.1, 0.15) is 32.3 Å². The van der Waals surface area contributed by atoms with Crippen LogP contribution in [0, 0.1) is 5.41 Å². The van der Waals surface area contributed by atoms with E-state index in [1.807, 2.05) is 0 Å². The summed E-state index contributed by atoms with van der Waals surface area (Å²) in [5, 5.41) is 0.211. The summed E-state index contributed by atoms with van der Waals surface area (Å²) in [5.74, 6) is 0. The Hall–Kier alpha value is -0.750. The summed E-state index contributed by atoms with van der Waals surface area (Å²) >= 11 is 6.29. The molecule has 0 bridgehead atoms. The van der Waals surface area contributed by atoms with Crippen molar-refractivity contribution in [2.24, 2.45) is 5.41 Å². The van der Waals surface area contributed by atoms with Gasteiger partial charge in [-0.15, -0.1) is 11.6 Å².